The van der Waals surface area contributed by atoms with E-state index in [1.165, 1.54) is 0 Å². The van der Waals surface area contributed by atoms with Gasteiger partial charge in [0.25, 0.3) is 0 Å². The Labute approximate surface area is 110 Å². The molecule has 0 aliphatic carbocycles. The first-order chi connectivity index (χ1) is 9.10. The van der Waals surface area contributed by atoms with E-state index in [-0.39, 0.29) is 5.91 Å². The van der Waals surface area contributed by atoms with E-state index in [0.717, 1.165) is 0 Å². The molecule has 19 heavy (non-hydrogen) atoms. The van der Waals surface area contributed by atoms with Gasteiger partial charge in [-0.25, -0.2) is 0 Å². The van der Waals surface area contributed by atoms with E-state index in [0.29, 0.717) is 16.8 Å². The Morgan fingerprint density at radius 2 is 2.16 bits per heavy atom. The highest BCUT2D eigenvalue weighted by atomic mass is 16.2. The molecule has 2 rings (SSSR count). The van der Waals surface area contributed by atoms with Gasteiger partial charge in [-0.3, -0.25) is 9.48 Å². The summed E-state index contributed by atoms with van der Waals surface area (Å²) in [4.78, 5) is 11.9. The number of rotatable bonds is 3. The van der Waals surface area contributed by atoms with Gasteiger partial charge in [0.1, 0.15) is 6.04 Å². The van der Waals surface area contributed by atoms with Crippen molar-refractivity contribution < 1.29 is 4.79 Å². The molecule has 6 heteroatoms. The maximum atomic E-state index is 11.9. The molecule has 0 saturated heterocycles. The van der Waals surface area contributed by atoms with E-state index in [1.807, 2.05) is 6.07 Å². The summed E-state index contributed by atoms with van der Waals surface area (Å²) in [6.45, 7) is 0. The summed E-state index contributed by atoms with van der Waals surface area (Å²) in [5.74, 6) is -0.322. The molecule has 0 radical (unpaired) electrons. The fourth-order valence-corrected chi connectivity index (χ4v) is 1.60. The lowest BCUT2D eigenvalue weighted by molar-refractivity contribution is -0.117. The molecule has 1 unspecified atom stereocenters. The summed E-state index contributed by atoms with van der Waals surface area (Å²) in [7, 11) is 1.76. The molecule has 0 bridgehead atoms. The van der Waals surface area contributed by atoms with Crippen LogP contribution in [0.15, 0.2) is 36.7 Å². The average molecular weight is 255 g/mol. The van der Waals surface area contributed by atoms with Crippen LogP contribution in [-0.4, -0.2) is 15.7 Å². The Balaban J connectivity index is 2.06. The second-order valence-electron chi connectivity index (χ2n) is 4.10. The fraction of sp³-hybridized carbons (Fsp3) is 0.154. The Hall–Kier alpha value is -2.65. The van der Waals surface area contributed by atoms with Crippen molar-refractivity contribution in [3.63, 3.8) is 0 Å². The van der Waals surface area contributed by atoms with Crippen molar-refractivity contribution in [3.8, 4) is 6.07 Å². The van der Waals surface area contributed by atoms with Crippen molar-refractivity contribution in [1.29, 1.82) is 5.26 Å². The van der Waals surface area contributed by atoms with E-state index in [9.17, 15) is 4.79 Å². The predicted octanol–water partition coefficient (Wildman–Crippen LogP) is 0.930. The molecule has 1 amide bonds. The van der Waals surface area contributed by atoms with Crippen molar-refractivity contribution in [3.05, 3.63) is 47.8 Å². The summed E-state index contributed by atoms with van der Waals surface area (Å²) in [6.07, 6.45) is 3.26. The Bertz CT molecular complexity index is 623. The summed E-state index contributed by atoms with van der Waals surface area (Å²) in [5.41, 5.74) is 7.62. The molecular weight excluding hydrogens is 242 g/mol. The molecular formula is C13H13N5O. The van der Waals surface area contributed by atoms with Gasteiger partial charge in [-0.15, -0.1) is 0 Å². The smallest absolute Gasteiger partial charge is 0.246 e. The zero-order chi connectivity index (χ0) is 13.8. The van der Waals surface area contributed by atoms with Gasteiger partial charge in [0, 0.05) is 24.5 Å². The van der Waals surface area contributed by atoms with Crippen LogP contribution in [0.2, 0.25) is 0 Å². The van der Waals surface area contributed by atoms with Crippen LogP contribution in [0, 0.1) is 11.3 Å². The number of anilines is 1. The minimum absolute atomic E-state index is 0.322. The highest BCUT2D eigenvalue weighted by Gasteiger charge is 2.17. The standard InChI is InChI=1S/C13H13N5O/c1-18-8-10(7-16-18)12(15)13(19)17-11-4-2-9(6-14)3-5-11/h2-5,7-8,12H,15H2,1H3,(H,17,19). The van der Waals surface area contributed by atoms with Crippen molar-refractivity contribution in [2.24, 2.45) is 12.8 Å². The third kappa shape index (κ3) is 2.97. The van der Waals surface area contributed by atoms with Gasteiger partial charge in [0.15, 0.2) is 0 Å². The van der Waals surface area contributed by atoms with Crippen LogP contribution in [0.3, 0.4) is 0 Å². The summed E-state index contributed by atoms with van der Waals surface area (Å²) < 4.78 is 1.59. The normalized spacial score (nSPS) is 11.6. The van der Waals surface area contributed by atoms with Gasteiger partial charge in [-0.2, -0.15) is 10.4 Å². The first-order valence-corrected chi connectivity index (χ1v) is 5.65. The van der Waals surface area contributed by atoms with Gasteiger partial charge in [0.05, 0.1) is 17.8 Å². The number of hydrogen-bond acceptors (Lipinski definition) is 4. The molecule has 1 aromatic heterocycles. The van der Waals surface area contributed by atoms with E-state index in [4.69, 9.17) is 11.0 Å². The molecule has 0 saturated carbocycles. The van der Waals surface area contributed by atoms with E-state index >= 15 is 0 Å². The van der Waals surface area contributed by atoms with Gasteiger partial charge in [-0.1, -0.05) is 0 Å². The Kier molecular flexibility index (Phi) is 3.59. The van der Waals surface area contributed by atoms with Crippen LogP contribution < -0.4 is 11.1 Å². The summed E-state index contributed by atoms with van der Waals surface area (Å²) >= 11 is 0. The Morgan fingerprint density at radius 3 is 2.68 bits per heavy atom. The third-order valence-corrected chi connectivity index (χ3v) is 2.65. The highest BCUT2D eigenvalue weighted by molar-refractivity contribution is 5.95. The molecule has 3 N–H and O–H groups in total. The largest absolute Gasteiger partial charge is 0.324 e. The van der Waals surface area contributed by atoms with Gasteiger partial charge >= 0.3 is 0 Å². The maximum absolute atomic E-state index is 11.9. The molecule has 0 aliphatic heterocycles. The quantitative estimate of drug-likeness (QED) is 0.852. The SMILES string of the molecule is Cn1cc(C(N)C(=O)Nc2ccc(C#N)cc2)cn1. The second-order valence-corrected chi connectivity index (χ2v) is 4.10. The van der Waals surface area contributed by atoms with E-state index < -0.39 is 6.04 Å². The van der Waals surface area contributed by atoms with Crippen LogP contribution in [0.5, 0.6) is 0 Å². The number of benzene rings is 1. The maximum Gasteiger partial charge on any atom is 0.246 e. The number of aryl methyl sites for hydroxylation is 1. The topological polar surface area (TPSA) is 96.7 Å². The van der Waals surface area contributed by atoms with Crippen LogP contribution in [-0.2, 0) is 11.8 Å². The molecule has 2 aromatic rings. The molecule has 96 valence electrons. The average Bonchev–Trinajstić information content (AvgIpc) is 2.85. The highest BCUT2D eigenvalue weighted by Crippen LogP contribution is 2.13. The first-order valence-electron chi connectivity index (χ1n) is 5.65. The van der Waals surface area contributed by atoms with Crippen LogP contribution in [0.25, 0.3) is 0 Å². The summed E-state index contributed by atoms with van der Waals surface area (Å²) in [5, 5.41) is 15.3. The lowest BCUT2D eigenvalue weighted by Gasteiger charge is -2.10. The number of amides is 1. The Morgan fingerprint density at radius 1 is 1.47 bits per heavy atom. The second kappa shape index (κ2) is 5.33. The molecule has 0 spiro atoms. The van der Waals surface area contributed by atoms with Crippen molar-refractivity contribution in [1.82, 2.24) is 9.78 Å². The van der Waals surface area contributed by atoms with Crippen molar-refractivity contribution >= 4 is 11.6 Å². The van der Waals surface area contributed by atoms with Crippen LogP contribution >= 0.6 is 0 Å². The summed E-state index contributed by atoms with van der Waals surface area (Å²) in [6, 6.07) is 7.82. The number of nitrogens with one attached hydrogen (secondary N) is 1. The lowest BCUT2D eigenvalue weighted by Crippen LogP contribution is -2.27. The van der Waals surface area contributed by atoms with Crippen LogP contribution in [0.1, 0.15) is 17.2 Å². The zero-order valence-electron chi connectivity index (χ0n) is 10.4. The van der Waals surface area contributed by atoms with Crippen molar-refractivity contribution in [2.75, 3.05) is 5.32 Å². The van der Waals surface area contributed by atoms with Crippen LogP contribution in [0.4, 0.5) is 5.69 Å². The fourth-order valence-electron chi connectivity index (χ4n) is 1.60. The van der Waals surface area contributed by atoms with E-state index in [2.05, 4.69) is 10.4 Å². The number of nitrogens with zero attached hydrogens (tertiary/aromatic N) is 3. The lowest BCUT2D eigenvalue weighted by atomic mass is 10.1. The predicted molar refractivity (Wildman–Crippen MR) is 69.9 cm³/mol. The van der Waals surface area contributed by atoms with Gasteiger partial charge < -0.3 is 11.1 Å². The molecule has 1 atom stereocenters. The molecule has 0 aliphatic rings. The van der Waals surface area contributed by atoms with Gasteiger partial charge in [0.2, 0.25) is 5.91 Å². The molecule has 6 nitrogen and oxygen atoms in total. The van der Waals surface area contributed by atoms with Gasteiger partial charge in [-0.05, 0) is 24.3 Å². The minimum atomic E-state index is -0.774. The number of nitriles is 1. The van der Waals surface area contributed by atoms with E-state index in [1.54, 1.807) is 48.4 Å². The minimum Gasteiger partial charge on any atom is -0.324 e. The number of carbonyl (C=O) groups excluding carboxylic acids is 1. The number of nitrogens with two attached hydrogens (primary N) is 1. The zero-order valence-corrected chi connectivity index (χ0v) is 10.4. The van der Waals surface area contributed by atoms with Crippen molar-refractivity contribution in [2.45, 2.75) is 6.04 Å². The first kappa shape index (κ1) is 12.8. The number of hydrogen-bond donors (Lipinski definition) is 2. The monoisotopic (exact) mass is 255 g/mol. The third-order valence-electron chi connectivity index (χ3n) is 2.65. The molecule has 1 heterocycles. The molecule has 0 fully saturated rings. The number of aromatic nitrogens is 2. The number of carbonyl (C=O) groups is 1. The molecule has 1 aromatic carbocycles.